The van der Waals surface area contributed by atoms with E-state index in [1.54, 1.807) is 7.05 Å². The van der Waals surface area contributed by atoms with E-state index in [0.717, 1.165) is 58.3 Å². The van der Waals surface area contributed by atoms with Crippen LogP contribution in [0.2, 0.25) is 0 Å². The first-order chi connectivity index (χ1) is 12.7. The van der Waals surface area contributed by atoms with E-state index in [0.29, 0.717) is 0 Å². The highest BCUT2D eigenvalue weighted by atomic mass is 127. The van der Waals surface area contributed by atoms with E-state index in [1.807, 2.05) is 6.92 Å². The molecule has 1 aromatic carbocycles. The van der Waals surface area contributed by atoms with Crippen LogP contribution in [0.1, 0.15) is 24.5 Å². The zero-order chi connectivity index (χ0) is 18.6. The van der Waals surface area contributed by atoms with Gasteiger partial charge in [0, 0.05) is 66.1 Å². The van der Waals surface area contributed by atoms with Gasteiger partial charge in [0.25, 0.3) is 0 Å². The molecule has 0 radical (unpaired) electrons. The Balaban J connectivity index is 0.00000364. The molecule has 1 aromatic rings. The lowest BCUT2D eigenvalue weighted by molar-refractivity contribution is 0.145. The molecule has 7 heteroatoms. The number of aliphatic imine (C=N–C) groups is 1. The fourth-order valence-corrected chi connectivity index (χ4v) is 2.96. The van der Waals surface area contributed by atoms with Crippen LogP contribution in [0.5, 0.6) is 0 Å². The Labute approximate surface area is 181 Å². The number of benzene rings is 1. The van der Waals surface area contributed by atoms with Gasteiger partial charge in [0.05, 0.1) is 0 Å². The largest absolute Gasteiger partial charge is 0.382 e. The molecule has 0 bridgehead atoms. The van der Waals surface area contributed by atoms with Crippen LogP contribution in [-0.4, -0.2) is 75.8 Å². The highest BCUT2D eigenvalue weighted by Gasteiger charge is 2.13. The van der Waals surface area contributed by atoms with Crippen LogP contribution in [-0.2, 0) is 17.8 Å². The monoisotopic (exact) mass is 489 g/mol. The predicted molar refractivity (Wildman–Crippen MR) is 124 cm³/mol. The number of hydrogen-bond acceptors (Lipinski definition) is 4. The molecule has 0 amide bonds. The average molecular weight is 489 g/mol. The van der Waals surface area contributed by atoms with E-state index >= 15 is 0 Å². The Morgan fingerprint density at radius 3 is 2.37 bits per heavy atom. The average Bonchev–Trinajstić information content (AvgIpc) is 2.67. The normalized spacial score (nSPS) is 16.0. The third-order valence-corrected chi connectivity index (χ3v) is 4.67. The van der Waals surface area contributed by atoms with Gasteiger partial charge in [0.2, 0.25) is 0 Å². The zero-order valence-corrected chi connectivity index (χ0v) is 19.4. The summed E-state index contributed by atoms with van der Waals surface area (Å²) in [5.74, 6) is 0.836. The summed E-state index contributed by atoms with van der Waals surface area (Å²) in [7, 11) is 4.00. The fraction of sp³-hybridized carbons (Fsp3) is 0.650. The molecule has 1 saturated heterocycles. The molecule has 2 N–H and O–H groups in total. The first-order valence-electron chi connectivity index (χ1n) is 9.72. The van der Waals surface area contributed by atoms with Gasteiger partial charge in [-0.25, -0.2) is 0 Å². The topological polar surface area (TPSA) is 52.1 Å². The van der Waals surface area contributed by atoms with Gasteiger partial charge < -0.3 is 20.3 Å². The Hall–Kier alpha value is -0.900. The maximum atomic E-state index is 5.34. The third kappa shape index (κ3) is 9.73. The molecule has 2 rings (SSSR count). The maximum absolute atomic E-state index is 5.34. The number of likely N-dealkylation sites (N-methyl/N-ethyl adjacent to an activating group) is 1. The van der Waals surface area contributed by atoms with Gasteiger partial charge in [-0.05, 0) is 31.5 Å². The summed E-state index contributed by atoms with van der Waals surface area (Å²) in [5, 5.41) is 6.68. The van der Waals surface area contributed by atoms with Crippen molar-refractivity contribution in [1.82, 2.24) is 20.4 Å². The van der Waals surface area contributed by atoms with Gasteiger partial charge >= 0.3 is 0 Å². The molecule has 0 spiro atoms. The van der Waals surface area contributed by atoms with E-state index in [-0.39, 0.29) is 24.0 Å². The number of rotatable bonds is 9. The summed E-state index contributed by atoms with van der Waals surface area (Å²) >= 11 is 0. The molecule has 154 valence electrons. The highest BCUT2D eigenvalue weighted by Crippen LogP contribution is 2.09. The van der Waals surface area contributed by atoms with E-state index in [4.69, 9.17) is 4.74 Å². The number of nitrogens with zero attached hydrogens (tertiary/aromatic N) is 3. The molecule has 1 aliphatic heterocycles. The first-order valence-corrected chi connectivity index (χ1v) is 9.72. The second kappa shape index (κ2) is 14.1. The van der Waals surface area contributed by atoms with Gasteiger partial charge in [-0.3, -0.25) is 9.89 Å². The standard InChI is InChI=1S/C20H35N5O.HI/c1-4-26-15-5-10-22-20(21-2)23-16-18-6-8-19(9-7-18)17-25-13-11-24(3)12-14-25;/h6-9H,4-5,10-17H2,1-3H3,(H2,21,22,23);1H. The van der Waals surface area contributed by atoms with Gasteiger partial charge in [-0.15, -0.1) is 24.0 Å². The Kier molecular flexibility index (Phi) is 12.6. The summed E-state index contributed by atoms with van der Waals surface area (Å²) in [4.78, 5) is 9.19. The lowest BCUT2D eigenvalue weighted by atomic mass is 10.1. The van der Waals surface area contributed by atoms with Gasteiger partial charge in [-0.1, -0.05) is 24.3 Å². The summed E-state index contributed by atoms with van der Waals surface area (Å²) in [6.45, 7) is 10.9. The third-order valence-electron chi connectivity index (χ3n) is 4.67. The van der Waals surface area contributed by atoms with Crippen molar-refractivity contribution >= 4 is 29.9 Å². The van der Waals surface area contributed by atoms with E-state index in [9.17, 15) is 0 Å². The van der Waals surface area contributed by atoms with Crippen molar-refractivity contribution in [3.05, 3.63) is 35.4 Å². The molecular formula is C20H36IN5O. The van der Waals surface area contributed by atoms with Crippen molar-refractivity contribution in [1.29, 1.82) is 0 Å². The molecule has 0 aliphatic carbocycles. The van der Waals surface area contributed by atoms with Crippen molar-refractivity contribution < 1.29 is 4.74 Å². The summed E-state index contributed by atoms with van der Waals surface area (Å²) in [6, 6.07) is 8.91. The minimum atomic E-state index is 0. The van der Waals surface area contributed by atoms with Crippen LogP contribution in [0.3, 0.4) is 0 Å². The second-order valence-electron chi connectivity index (χ2n) is 6.80. The number of hydrogen-bond donors (Lipinski definition) is 2. The minimum Gasteiger partial charge on any atom is -0.382 e. The quantitative estimate of drug-likeness (QED) is 0.241. The smallest absolute Gasteiger partial charge is 0.191 e. The molecule has 0 unspecified atom stereocenters. The van der Waals surface area contributed by atoms with E-state index in [2.05, 4.69) is 56.7 Å². The van der Waals surface area contributed by atoms with Gasteiger partial charge in [0.1, 0.15) is 0 Å². The maximum Gasteiger partial charge on any atom is 0.191 e. The Morgan fingerprint density at radius 2 is 1.74 bits per heavy atom. The Bertz CT molecular complexity index is 530. The van der Waals surface area contributed by atoms with Crippen LogP contribution in [0.25, 0.3) is 0 Å². The molecule has 0 saturated carbocycles. The molecule has 27 heavy (non-hydrogen) atoms. The Morgan fingerprint density at radius 1 is 1.07 bits per heavy atom. The number of nitrogens with one attached hydrogen (secondary N) is 2. The fourth-order valence-electron chi connectivity index (χ4n) is 2.96. The number of halogens is 1. The van der Waals surface area contributed by atoms with Gasteiger partial charge in [-0.2, -0.15) is 0 Å². The van der Waals surface area contributed by atoms with Gasteiger partial charge in [0.15, 0.2) is 5.96 Å². The van der Waals surface area contributed by atoms with Crippen molar-refractivity contribution in [3.63, 3.8) is 0 Å². The summed E-state index contributed by atoms with van der Waals surface area (Å²) in [6.07, 6.45) is 0.982. The summed E-state index contributed by atoms with van der Waals surface area (Å²) in [5.41, 5.74) is 2.65. The zero-order valence-electron chi connectivity index (χ0n) is 17.0. The van der Waals surface area contributed by atoms with Crippen molar-refractivity contribution in [2.75, 3.05) is 60.0 Å². The second-order valence-corrected chi connectivity index (χ2v) is 6.80. The van der Waals surface area contributed by atoms with Crippen LogP contribution >= 0.6 is 24.0 Å². The number of ether oxygens (including phenoxy) is 1. The van der Waals surface area contributed by atoms with Crippen LogP contribution in [0, 0.1) is 0 Å². The van der Waals surface area contributed by atoms with Crippen LogP contribution in [0.15, 0.2) is 29.3 Å². The SMILES string of the molecule is CCOCCCNC(=NC)NCc1ccc(CN2CCN(C)CC2)cc1.I. The predicted octanol–water partition coefficient (Wildman–Crippen LogP) is 2.14. The first kappa shape index (κ1) is 24.1. The van der Waals surface area contributed by atoms with Crippen molar-refractivity contribution in [2.45, 2.75) is 26.4 Å². The molecule has 1 fully saturated rings. The molecule has 0 aromatic heterocycles. The van der Waals surface area contributed by atoms with Crippen LogP contribution < -0.4 is 10.6 Å². The molecule has 6 nitrogen and oxygen atoms in total. The molecule has 1 heterocycles. The van der Waals surface area contributed by atoms with Crippen molar-refractivity contribution in [2.24, 2.45) is 4.99 Å². The number of guanidine groups is 1. The van der Waals surface area contributed by atoms with E-state index < -0.39 is 0 Å². The molecule has 1 aliphatic rings. The summed E-state index contributed by atoms with van der Waals surface area (Å²) < 4.78 is 5.34. The lowest BCUT2D eigenvalue weighted by Gasteiger charge is -2.32. The lowest BCUT2D eigenvalue weighted by Crippen LogP contribution is -2.43. The molecular weight excluding hydrogens is 453 g/mol. The van der Waals surface area contributed by atoms with E-state index in [1.165, 1.54) is 24.2 Å². The highest BCUT2D eigenvalue weighted by molar-refractivity contribution is 14.0. The van der Waals surface area contributed by atoms with Crippen LogP contribution in [0.4, 0.5) is 0 Å². The molecule has 0 atom stereocenters. The minimum absolute atomic E-state index is 0. The van der Waals surface area contributed by atoms with Crippen molar-refractivity contribution in [3.8, 4) is 0 Å². The number of piperazine rings is 1.